The summed E-state index contributed by atoms with van der Waals surface area (Å²) in [6.07, 6.45) is 4.47. The van der Waals surface area contributed by atoms with Crippen molar-refractivity contribution in [2.24, 2.45) is 0 Å². The Balaban J connectivity index is 0.927. The highest BCUT2D eigenvalue weighted by atomic mass is 35.5. The van der Waals surface area contributed by atoms with Gasteiger partial charge in [0.1, 0.15) is 37.7 Å². The lowest BCUT2D eigenvalue weighted by Crippen LogP contribution is -2.46. The van der Waals surface area contributed by atoms with Gasteiger partial charge >= 0.3 is 11.4 Å². The van der Waals surface area contributed by atoms with E-state index in [0.717, 1.165) is 56.1 Å². The molecule has 2 aliphatic heterocycles. The fourth-order valence-electron chi connectivity index (χ4n) is 6.38. The zero-order valence-electron chi connectivity index (χ0n) is 27.6. The van der Waals surface area contributed by atoms with Crippen LogP contribution in [0.3, 0.4) is 0 Å². The smallest absolute Gasteiger partial charge is 0.351 e. The summed E-state index contributed by atoms with van der Waals surface area (Å²) in [6, 6.07) is 20.9. The number of aromatic amines is 1. The first-order valence-corrected chi connectivity index (χ1v) is 17.4. The molecule has 0 aliphatic carbocycles. The zero-order chi connectivity index (χ0) is 34.7. The van der Waals surface area contributed by atoms with Crippen molar-refractivity contribution < 1.29 is 14.2 Å². The van der Waals surface area contributed by atoms with E-state index in [0.29, 0.717) is 34.4 Å². The van der Waals surface area contributed by atoms with Crippen LogP contribution in [0.5, 0.6) is 5.75 Å². The Morgan fingerprint density at radius 1 is 0.940 bits per heavy atom. The number of hydrogen-bond donors (Lipinski definition) is 1. The first kappa shape index (κ1) is 33.9. The van der Waals surface area contributed by atoms with E-state index in [4.69, 9.17) is 37.4 Å². The number of nitrogens with one attached hydrogen (secondary N) is 1. The van der Waals surface area contributed by atoms with Gasteiger partial charge in [0.25, 0.3) is 0 Å². The van der Waals surface area contributed by atoms with Gasteiger partial charge in [0, 0.05) is 54.7 Å². The standard InChI is InChI=1S/C35H38Cl2N8O5/c1-2-3-14-44-34(47)45(33(46)40-44)28-7-5-26(6-8-28)41-15-17-42(18-16-41)27-9-11-29(12-10-27)48-20-30-21-49-35(50-30,22-43-24-38-23-39-43)31-13-4-25(36)19-32(31)37/h4-13,19,23-24,30H,2-3,14-18,20-22H2,1H3,(H,40,46). The van der Waals surface area contributed by atoms with Crippen LogP contribution in [0.2, 0.25) is 10.0 Å². The fraction of sp³-hybridized carbons (Fsp3) is 0.371. The summed E-state index contributed by atoms with van der Waals surface area (Å²) in [5.41, 5.74) is 2.61. The Hall–Kier alpha value is -4.56. The molecule has 2 aromatic heterocycles. The number of piperazine rings is 1. The number of benzene rings is 3. The average Bonchev–Trinajstić information content (AvgIpc) is 3.86. The van der Waals surface area contributed by atoms with Crippen LogP contribution in [0.15, 0.2) is 89.0 Å². The number of halogens is 2. The molecule has 2 aliphatic rings. The van der Waals surface area contributed by atoms with Crippen LogP contribution in [0.25, 0.3) is 5.69 Å². The van der Waals surface area contributed by atoms with Crippen molar-refractivity contribution in [3.63, 3.8) is 0 Å². The second kappa shape index (κ2) is 14.7. The number of anilines is 2. The van der Waals surface area contributed by atoms with Crippen molar-refractivity contribution >= 4 is 34.6 Å². The van der Waals surface area contributed by atoms with Crippen molar-refractivity contribution in [2.75, 3.05) is 49.2 Å². The van der Waals surface area contributed by atoms with E-state index >= 15 is 0 Å². The molecule has 2 saturated heterocycles. The minimum absolute atomic E-state index is 0.258. The molecule has 3 aromatic carbocycles. The molecule has 4 heterocycles. The number of nitrogens with zero attached hydrogens (tertiary/aromatic N) is 7. The second-order valence-electron chi connectivity index (χ2n) is 12.4. The number of hydrogen-bond acceptors (Lipinski definition) is 9. The summed E-state index contributed by atoms with van der Waals surface area (Å²) in [5.74, 6) is -0.440. The molecule has 0 bridgehead atoms. The highest BCUT2D eigenvalue weighted by molar-refractivity contribution is 6.35. The van der Waals surface area contributed by atoms with Gasteiger partial charge in [0.15, 0.2) is 0 Å². The highest BCUT2D eigenvalue weighted by Gasteiger charge is 2.45. The lowest BCUT2D eigenvalue weighted by Gasteiger charge is -2.37. The number of unbranched alkanes of at least 4 members (excludes halogenated alkanes) is 1. The van der Waals surface area contributed by atoms with Crippen LogP contribution in [-0.2, 0) is 28.4 Å². The Bertz CT molecular complexity index is 2000. The second-order valence-corrected chi connectivity index (χ2v) is 13.2. The first-order chi connectivity index (χ1) is 24.3. The quantitative estimate of drug-likeness (QED) is 0.195. The van der Waals surface area contributed by atoms with Gasteiger partial charge in [-0.05, 0) is 67.1 Å². The molecule has 0 spiro atoms. The van der Waals surface area contributed by atoms with Gasteiger partial charge in [-0.3, -0.25) is 0 Å². The molecule has 0 amide bonds. The number of ether oxygens (including phenoxy) is 3. The molecular formula is C35H38Cl2N8O5. The Kier molecular flexibility index (Phi) is 9.99. The van der Waals surface area contributed by atoms with E-state index in [1.165, 1.54) is 15.6 Å². The maximum absolute atomic E-state index is 12.8. The fourth-order valence-corrected chi connectivity index (χ4v) is 6.93. The summed E-state index contributed by atoms with van der Waals surface area (Å²) >= 11 is 12.7. The Morgan fingerprint density at radius 3 is 2.26 bits per heavy atom. The molecule has 0 saturated carbocycles. The predicted octanol–water partition coefficient (Wildman–Crippen LogP) is 4.70. The third kappa shape index (κ3) is 7.17. The minimum atomic E-state index is -1.17. The molecule has 5 aromatic rings. The van der Waals surface area contributed by atoms with Crippen LogP contribution < -0.4 is 25.9 Å². The number of rotatable bonds is 12. The maximum atomic E-state index is 12.8. The van der Waals surface area contributed by atoms with E-state index < -0.39 is 11.5 Å². The van der Waals surface area contributed by atoms with Crippen molar-refractivity contribution in [1.29, 1.82) is 0 Å². The van der Waals surface area contributed by atoms with Gasteiger partial charge in [-0.15, -0.1) is 0 Å². The first-order valence-electron chi connectivity index (χ1n) is 16.7. The van der Waals surface area contributed by atoms with Gasteiger partial charge in [-0.1, -0.05) is 42.6 Å². The lowest BCUT2D eigenvalue weighted by atomic mass is 10.1. The molecule has 50 heavy (non-hydrogen) atoms. The van der Waals surface area contributed by atoms with Crippen molar-refractivity contribution in [1.82, 2.24) is 29.1 Å². The summed E-state index contributed by atoms with van der Waals surface area (Å²) in [6.45, 7) is 6.74. The van der Waals surface area contributed by atoms with Gasteiger partial charge in [0.05, 0.1) is 17.3 Å². The van der Waals surface area contributed by atoms with Gasteiger partial charge in [0.2, 0.25) is 5.79 Å². The Labute approximate surface area is 298 Å². The monoisotopic (exact) mass is 720 g/mol. The molecule has 262 valence electrons. The average molecular weight is 722 g/mol. The van der Waals surface area contributed by atoms with Crippen LogP contribution >= 0.6 is 23.2 Å². The molecule has 7 rings (SSSR count). The third-order valence-corrected chi connectivity index (χ3v) is 9.57. The summed E-state index contributed by atoms with van der Waals surface area (Å²) in [7, 11) is 0. The van der Waals surface area contributed by atoms with Crippen LogP contribution in [0.1, 0.15) is 25.3 Å². The maximum Gasteiger partial charge on any atom is 0.351 e. The number of H-pyrrole nitrogens is 1. The Morgan fingerprint density at radius 2 is 1.62 bits per heavy atom. The van der Waals surface area contributed by atoms with Crippen LogP contribution in [0, 0.1) is 0 Å². The summed E-state index contributed by atoms with van der Waals surface area (Å²) in [5, 5.41) is 7.84. The molecule has 13 nitrogen and oxygen atoms in total. The molecule has 1 N–H and O–H groups in total. The van der Waals surface area contributed by atoms with Crippen molar-refractivity contribution in [3.8, 4) is 11.4 Å². The molecule has 2 fully saturated rings. The number of aryl methyl sites for hydroxylation is 1. The van der Waals surface area contributed by atoms with E-state index in [1.54, 1.807) is 29.2 Å². The summed E-state index contributed by atoms with van der Waals surface area (Å²) in [4.78, 5) is 33.9. The lowest BCUT2D eigenvalue weighted by molar-refractivity contribution is -0.190. The van der Waals surface area contributed by atoms with E-state index in [1.807, 2.05) is 43.3 Å². The SMILES string of the molecule is CCCCn1[nH]c(=O)n(-c2ccc(N3CCN(c4ccc(OCC5COC(Cn6cncn6)(c6ccc(Cl)cc6Cl)O5)cc4)CC3)cc2)c1=O. The van der Waals surface area contributed by atoms with Crippen LogP contribution in [-0.4, -0.2) is 74.6 Å². The van der Waals surface area contributed by atoms with Gasteiger partial charge in [-0.25, -0.2) is 33.6 Å². The summed E-state index contributed by atoms with van der Waals surface area (Å²) < 4.78 is 23.1. The normalized spacial score (nSPS) is 19.3. The largest absolute Gasteiger partial charge is 0.491 e. The van der Waals surface area contributed by atoms with Gasteiger partial charge in [-0.2, -0.15) is 5.10 Å². The van der Waals surface area contributed by atoms with Crippen LogP contribution in [0.4, 0.5) is 11.4 Å². The number of aromatic nitrogens is 6. The molecule has 15 heteroatoms. The molecule has 2 unspecified atom stereocenters. The van der Waals surface area contributed by atoms with E-state index in [2.05, 4.69) is 37.1 Å². The molecular weight excluding hydrogens is 683 g/mol. The van der Waals surface area contributed by atoms with Gasteiger partial charge < -0.3 is 24.0 Å². The predicted molar refractivity (Wildman–Crippen MR) is 191 cm³/mol. The minimum Gasteiger partial charge on any atom is -0.491 e. The molecule has 0 radical (unpaired) electrons. The van der Waals surface area contributed by atoms with Crippen molar-refractivity contribution in [3.05, 3.63) is 116 Å². The highest BCUT2D eigenvalue weighted by Crippen LogP contribution is 2.40. The molecule has 2 atom stereocenters. The third-order valence-electron chi connectivity index (χ3n) is 9.02. The topological polar surface area (TPSA) is 125 Å². The van der Waals surface area contributed by atoms with Crippen molar-refractivity contribution in [2.45, 2.75) is 44.7 Å². The zero-order valence-corrected chi connectivity index (χ0v) is 29.1. The van der Waals surface area contributed by atoms with E-state index in [9.17, 15) is 9.59 Å². The van der Waals surface area contributed by atoms with E-state index in [-0.39, 0.29) is 24.9 Å².